The second-order valence-electron chi connectivity index (χ2n) is 17.8. The van der Waals surface area contributed by atoms with Crippen LogP contribution in [0, 0.1) is 31.9 Å². The number of aryl methyl sites for hydroxylation is 2. The topological polar surface area (TPSA) is 56.7 Å². The first kappa shape index (κ1) is 40.3. The van der Waals surface area contributed by atoms with Gasteiger partial charge in [0.15, 0.2) is 0 Å². The average molecular weight is 1020 g/mol. The molecule has 4 heterocycles. The van der Waals surface area contributed by atoms with Crippen molar-refractivity contribution >= 4 is 50.8 Å². The molecule has 1 aliphatic rings. The van der Waals surface area contributed by atoms with Crippen LogP contribution in [0.4, 0.5) is 0 Å². The molecule has 5 aromatic carbocycles. The Hall–Kier alpha value is -5.14. The molecule has 60 heavy (non-hydrogen) atoms. The first-order valence-electron chi connectivity index (χ1n) is 21.3. The zero-order valence-electron chi connectivity index (χ0n) is 36.6. The largest absolute Gasteiger partial charge is 0.486 e. The van der Waals surface area contributed by atoms with Crippen LogP contribution in [-0.2, 0) is 31.9 Å². The van der Waals surface area contributed by atoms with Crippen molar-refractivity contribution in [2.24, 2.45) is 5.92 Å². The fraction of sp³-hybridized carbons (Fsp3) is 0.226. The molecule has 0 bridgehead atoms. The molecule has 0 spiro atoms. The monoisotopic (exact) mass is 1030 g/mol. The third-order valence-electron chi connectivity index (χ3n) is 11.7. The summed E-state index contributed by atoms with van der Waals surface area (Å²) < 4.78 is 17.5. The standard InChI is InChI=1S/C35H26N3O.C18H24GeN.Ir/c1-20-17-25-23-9-5-6-10-27(23)35(3,4)28(25)19-31(20)38-30-12-8-7-11-29(30)37-33(38)22-14-16-32-26(18-22)24-15-13-21(2)36-34(24)39-32;1-14(2)11-16-12-18(15-9-7-6-8-10-15)20-13-17(16)19(3,4)5;/h5-13,15-19H,1-4H3;6-9,12-14H,11H2,1-5H3;/q2*-1;/i2D;;. The van der Waals surface area contributed by atoms with E-state index in [1.54, 1.807) is 4.40 Å². The summed E-state index contributed by atoms with van der Waals surface area (Å²) in [6.45, 7) is 11.5. The van der Waals surface area contributed by atoms with E-state index in [9.17, 15) is 0 Å². The molecule has 9 aromatic rings. The van der Waals surface area contributed by atoms with E-state index in [0.717, 1.165) is 62.1 Å². The summed E-state index contributed by atoms with van der Waals surface area (Å²) in [6, 6.07) is 46.7. The first-order chi connectivity index (χ1) is 28.8. The van der Waals surface area contributed by atoms with Crippen LogP contribution in [-0.4, -0.2) is 32.8 Å². The molecule has 1 radical (unpaired) electrons. The van der Waals surface area contributed by atoms with Crippen molar-refractivity contribution in [2.45, 2.75) is 70.6 Å². The Bertz CT molecular complexity index is 3070. The molecule has 0 atom stereocenters. The third kappa shape index (κ3) is 7.48. The molecule has 4 aromatic heterocycles. The van der Waals surface area contributed by atoms with Gasteiger partial charge in [-0.15, -0.1) is 23.8 Å². The van der Waals surface area contributed by atoms with E-state index in [-0.39, 0.29) is 32.4 Å². The van der Waals surface area contributed by atoms with Gasteiger partial charge < -0.3 is 8.98 Å². The van der Waals surface area contributed by atoms with Crippen molar-refractivity contribution < 1.29 is 25.9 Å². The summed E-state index contributed by atoms with van der Waals surface area (Å²) >= 11 is -1.86. The molecular weight excluding hydrogens is 973 g/mol. The molecule has 5 nitrogen and oxygen atoms in total. The van der Waals surface area contributed by atoms with Crippen LogP contribution in [0.1, 0.15) is 57.0 Å². The Morgan fingerprint density at radius 3 is 2.37 bits per heavy atom. The summed E-state index contributed by atoms with van der Waals surface area (Å²) in [7, 11) is 0. The molecule has 1 aliphatic carbocycles. The number of rotatable bonds is 6. The van der Waals surface area contributed by atoms with Crippen LogP contribution in [0.15, 0.2) is 126 Å². The summed E-state index contributed by atoms with van der Waals surface area (Å²) in [6.07, 6.45) is 3.27. The molecule has 0 fully saturated rings. The maximum Gasteiger partial charge on any atom is 0.216 e. The minimum atomic E-state index is -1.86. The van der Waals surface area contributed by atoms with Crippen LogP contribution >= 0.6 is 0 Å². The maximum absolute atomic E-state index is 7.66. The van der Waals surface area contributed by atoms with Gasteiger partial charge in [0, 0.05) is 43.7 Å². The molecule has 0 amide bonds. The summed E-state index contributed by atoms with van der Waals surface area (Å²) in [5, 5.41) is 1.90. The van der Waals surface area contributed by atoms with Gasteiger partial charge in [-0.3, -0.25) is 4.98 Å². The predicted octanol–water partition coefficient (Wildman–Crippen LogP) is 13.0. The van der Waals surface area contributed by atoms with Gasteiger partial charge >= 0.3 is 126 Å². The number of pyridine rings is 2. The minimum absolute atomic E-state index is 0. The normalized spacial score (nSPS) is 13.2. The van der Waals surface area contributed by atoms with Crippen molar-refractivity contribution in [2.75, 3.05) is 0 Å². The number of para-hydroxylation sites is 2. The van der Waals surface area contributed by atoms with Crippen LogP contribution in [0.25, 0.3) is 72.6 Å². The number of imidazole rings is 1. The Morgan fingerprint density at radius 2 is 1.60 bits per heavy atom. The second kappa shape index (κ2) is 16.0. The number of hydrogen-bond donors (Lipinski definition) is 0. The zero-order chi connectivity index (χ0) is 41.9. The molecule has 10 rings (SSSR count). The van der Waals surface area contributed by atoms with Gasteiger partial charge in [-0.2, -0.15) is 0 Å². The average Bonchev–Trinajstić information content (AvgIpc) is 3.87. The molecule has 303 valence electrons. The zero-order valence-corrected chi connectivity index (χ0v) is 40.1. The fourth-order valence-electron chi connectivity index (χ4n) is 8.78. The molecular formula is C53H50GeIrN4O-2. The van der Waals surface area contributed by atoms with Crippen molar-refractivity contribution in [3.05, 3.63) is 162 Å². The predicted molar refractivity (Wildman–Crippen MR) is 247 cm³/mol. The van der Waals surface area contributed by atoms with E-state index >= 15 is 0 Å². The van der Waals surface area contributed by atoms with E-state index in [1.165, 1.54) is 33.4 Å². The van der Waals surface area contributed by atoms with E-state index in [2.05, 4.69) is 153 Å². The Balaban J connectivity index is 0.000000208. The number of hydrogen-bond acceptors (Lipinski definition) is 4. The first-order valence-corrected chi connectivity index (χ1v) is 27.9. The third-order valence-corrected chi connectivity index (χ3v) is 16.0. The minimum Gasteiger partial charge on any atom is -0.486 e. The van der Waals surface area contributed by atoms with Gasteiger partial charge in [-0.25, -0.2) is 4.98 Å². The van der Waals surface area contributed by atoms with Crippen molar-refractivity contribution in [3.8, 4) is 39.5 Å². The van der Waals surface area contributed by atoms with E-state index < -0.39 is 13.3 Å². The van der Waals surface area contributed by atoms with Crippen molar-refractivity contribution in [1.29, 1.82) is 0 Å². The Kier molecular flexibility index (Phi) is 10.8. The molecule has 0 unspecified atom stereocenters. The van der Waals surface area contributed by atoms with Crippen LogP contribution < -0.4 is 4.40 Å². The molecule has 0 N–H and O–H groups in total. The smallest absolute Gasteiger partial charge is 0.216 e. The number of fused-ring (bicyclic) bond motifs is 7. The maximum atomic E-state index is 7.66. The van der Waals surface area contributed by atoms with Crippen LogP contribution in [0.2, 0.25) is 17.3 Å². The van der Waals surface area contributed by atoms with Crippen LogP contribution in [0.3, 0.4) is 0 Å². The summed E-state index contributed by atoms with van der Waals surface area (Å²) in [5.41, 5.74) is 16.0. The van der Waals surface area contributed by atoms with Crippen LogP contribution in [0.5, 0.6) is 0 Å². The number of furan rings is 1. The van der Waals surface area contributed by atoms with Gasteiger partial charge in [-0.1, -0.05) is 55.6 Å². The SMILES string of the molecule is CC(C)Cc1cc(-c2[c-]cccc2)nc[c]1[Ge]([CH3])([CH3])[CH3].[2H]Cc1ccc2c(n1)oc1c[c-]c(-c3nc4ccccc4n3-c3cc4c(cc3C)-c3ccccc3C4(C)C)cc12.[Ir]. The van der Waals surface area contributed by atoms with Gasteiger partial charge in [0.05, 0.1) is 22.4 Å². The quantitative estimate of drug-likeness (QED) is 0.123. The molecule has 0 saturated heterocycles. The number of nitrogens with zero attached hydrogens (tertiary/aromatic N) is 4. The number of aromatic nitrogens is 4. The van der Waals surface area contributed by atoms with Gasteiger partial charge in [-0.05, 0) is 78.0 Å². The second-order valence-corrected chi connectivity index (χ2v) is 28.4. The molecule has 7 heteroatoms. The Labute approximate surface area is 371 Å². The Morgan fingerprint density at radius 1 is 0.817 bits per heavy atom. The molecule has 0 saturated carbocycles. The van der Waals surface area contributed by atoms with E-state index in [1.807, 2.05) is 42.5 Å². The fourth-order valence-corrected chi connectivity index (χ4v) is 12.1. The van der Waals surface area contributed by atoms with Gasteiger partial charge in [0.1, 0.15) is 0 Å². The summed E-state index contributed by atoms with van der Waals surface area (Å²) in [4.78, 5) is 14.3. The van der Waals surface area contributed by atoms with Gasteiger partial charge in [0.25, 0.3) is 0 Å². The van der Waals surface area contributed by atoms with Crippen molar-refractivity contribution in [1.82, 2.24) is 19.5 Å². The van der Waals surface area contributed by atoms with Gasteiger partial charge in [0.2, 0.25) is 5.71 Å². The summed E-state index contributed by atoms with van der Waals surface area (Å²) in [5.74, 6) is 8.83. The van der Waals surface area contributed by atoms with E-state index in [4.69, 9.17) is 15.8 Å². The van der Waals surface area contributed by atoms with E-state index in [0.29, 0.717) is 17.3 Å². The number of benzene rings is 5. The molecule has 0 aliphatic heterocycles. The van der Waals surface area contributed by atoms with Crippen molar-refractivity contribution in [3.63, 3.8) is 0 Å².